The van der Waals surface area contributed by atoms with Crippen LogP contribution < -0.4 is 5.32 Å². The van der Waals surface area contributed by atoms with Crippen LogP contribution in [0.5, 0.6) is 0 Å². The number of hydrogen-bond acceptors (Lipinski definition) is 3. The van der Waals surface area contributed by atoms with E-state index in [4.69, 9.17) is 23.2 Å². The van der Waals surface area contributed by atoms with Crippen LogP contribution in [0.3, 0.4) is 0 Å². The Bertz CT molecular complexity index is 360. The van der Waals surface area contributed by atoms with Crippen LogP contribution in [0, 0.1) is 13.8 Å². The molecular formula is C10H14Cl2N2S. The van der Waals surface area contributed by atoms with E-state index in [9.17, 15) is 0 Å². The number of thiazole rings is 1. The highest BCUT2D eigenvalue weighted by molar-refractivity contribution is 7.11. The second kappa shape index (κ2) is 5.85. The lowest BCUT2D eigenvalue weighted by Crippen LogP contribution is -2.19. The Morgan fingerprint density at radius 1 is 1.60 bits per heavy atom. The third-order valence-electron chi connectivity index (χ3n) is 2.03. The van der Waals surface area contributed by atoms with Gasteiger partial charge in [0, 0.05) is 28.0 Å². The number of nitrogens with one attached hydrogen (secondary N) is 1. The van der Waals surface area contributed by atoms with Gasteiger partial charge in [0.15, 0.2) is 0 Å². The Balaban J connectivity index is 2.61. The van der Waals surface area contributed by atoms with Gasteiger partial charge in [0.1, 0.15) is 0 Å². The highest BCUT2D eigenvalue weighted by atomic mass is 35.5. The summed E-state index contributed by atoms with van der Waals surface area (Å²) in [5, 5.41) is 5.00. The predicted molar refractivity (Wildman–Crippen MR) is 67.8 cm³/mol. The Hall–Kier alpha value is -0.0900. The SMILES string of the molecule is Cc1nc(C)c(C(C)NCC(Cl)=CCl)s1. The molecule has 2 nitrogen and oxygen atoms in total. The standard InChI is InChI=1S/C10H14Cl2N2S/c1-6(13-5-9(12)4-11)10-7(2)14-8(3)15-10/h4,6,13H,5H2,1-3H3. The van der Waals surface area contributed by atoms with E-state index in [0.717, 1.165) is 10.7 Å². The van der Waals surface area contributed by atoms with Gasteiger partial charge in [-0.3, -0.25) is 0 Å². The second-order valence-corrected chi connectivity index (χ2v) is 5.28. The van der Waals surface area contributed by atoms with Gasteiger partial charge in [-0.05, 0) is 20.8 Å². The van der Waals surface area contributed by atoms with Crippen molar-refractivity contribution in [2.24, 2.45) is 0 Å². The summed E-state index contributed by atoms with van der Waals surface area (Å²) < 4.78 is 0. The lowest BCUT2D eigenvalue weighted by Gasteiger charge is -2.11. The van der Waals surface area contributed by atoms with E-state index in [1.165, 1.54) is 10.4 Å². The van der Waals surface area contributed by atoms with Crippen LogP contribution in [0.25, 0.3) is 0 Å². The topological polar surface area (TPSA) is 24.9 Å². The van der Waals surface area contributed by atoms with E-state index in [1.54, 1.807) is 11.3 Å². The fourth-order valence-electron chi connectivity index (χ4n) is 1.33. The normalized spacial score (nSPS) is 14.3. The van der Waals surface area contributed by atoms with Gasteiger partial charge in [-0.1, -0.05) is 23.2 Å². The summed E-state index contributed by atoms with van der Waals surface area (Å²) in [7, 11) is 0. The monoisotopic (exact) mass is 264 g/mol. The average molecular weight is 265 g/mol. The number of nitrogens with zero attached hydrogens (tertiary/aromatic N) is 1. The van der Waals surface area contributed by atoms with E-state index < -0.39 is 0 Å². The molecule has 1 aromatic heterocycles. The van der Waals surface area contributed by atoms with Crippen molar-refractivity contribution in [1.82, 2.24) is 10.3 Å². The smallest absolute Gasteiger partial charge is 0.0900 e. The lowest BCUT2D eigenvalue weighted by atomic mass is 10.2. The zero-order valence-corrected chi connectivity index (χ0v) is 11.3. The molecule has 15 heavy (non-hydrogen) atoms. The third kappa shape index (κ3) is 3.76. The van der Waals surface area contributed by atoms with E-state index >= 15 is 0 Å². The first-order valence-corrected chi connectivity index (χ1v) is 6.29. The molecule has 1 rings (SSSR count). The number of rotatable bonds is 4. The van der Waals surface area contributed by atoms with Crippen molar-refractivity contribution < 1.29 is 0 Å². The van der Waals surface area contributed by atoms with Gasteiger partial charge >= 0.3 is 0 Å². The van der Waals surface area contributed by atoms with Crippen LogP contribution in [0.15, 0.2) is 10.6 Å². The molecule has 0 bridgehead atoms. The number of aromatic nitrogens is 1. The maximum absolute atomic E-state index is 5.80. The molecule has 84 valence electrons. The zero-order valence-electron chi connectivity index (χ0n) is 8.97. The summed E-state index contributed by atoms with van der Waals surface area (Å²) in [6.07, 6.45) is 0. The highest BCUT2D eigenvalue weighted by Crippen LogP contribution is 2.24. The molecule has 0 aliphatic heterocycles. The molecule has 0 aliphatic rings. The van der Waals surface area contributed by atoms with Crippen molar-refractivity contribution in [1.29, 1.82) is 0 Å². The van der Waals surface area contributed by atoms with E-state index in [0.29, 0.717) is 11.6 Å². The summed E-state index contributed by atoms with van der Waals surface area (Å²) in [6, 6.07) is 0.251. The average Bonchev–Trinajstić information content (AvgIpc) is 2.53. The van der Waals surface area contributed by atoms with Crippen molar-refractivity contribution in [3.8, 4) is 0 Å². The van der Waals surface area contributed by atoms with Crippen LogP contribution in [0.4, 0.5) is 0 Å². The third-order valence-corrected chi connectivity index (χ3v) is 3.90. The van der Waals surface area contributed by atoms with Crippen LogP contribution in [-0.4, -0.2) is 11.5 Å². The van der Waals surface area contributed by atoms with Crippen molar-refractivity contribution in [3.63, 3.8) is 0 Å². The van der Waals surface area contributed by atoms with Gasteiger partial charge in [-0.2, -0.15) is 0 Å². The molecule has 0 saturated carbocycles. The van der Waals surface area contributed by atoms with Gasteiger partial charge in [0.05, 0.1) is 10.7 Å². The summed E-state index contributed by atoms with van der Waals surface area (Å²) in [5.74, 6) is 0. The summed E-state index contributed by atoms with van der Waals surface area (Å²) >= 11 is 13.0. The van der Waals surface area contributed by atoms with Gasteiger partial charge in [-0.15, -0.1) is 11.3 Å². The van der Waals surface area contributed by atoms with Crippen molar-refractivity contribution in [2.45, 2.75) is 26.8 Å². The van der Waals surface area contributed by atoms with Gasteiger partial charge in [-0.25, -0.2) is 4.98 Å². The minimum absolute atomic E-state index is 0.251. The molecule has 0 spiro atoms. The first-order chi connectivity index (χ1) is 7.04. The maximum atomic E-state index is 5.80. The van der Waals surface area contributed by atoms with Crippen LogP contribution in [-0.2, 0) is 0 Å². The Labute approximate surface area is 104 Å². The van der Waals surface area contributed by atoms with E-state index in [2.05, 4.69) is 17.2 Å². The maximum Gasteiger partial charge on any atom is 0.0900 e. The molecule has 0 aliphatic carbocycles. The molecule has 1 unspecified atom stereocenters. The minimum Gasteiger partial charge on any atom is -0.304 e. The highest BCUT2D eigenvalue weighted by Gasteiger charge is 2.12. The Morgan fingerprint density at radius 2 is 2.27 bits per heavy atom. The van der Waals surface area contributed by atoms with Gasteiger partial charge in [0.25, 0.3) is 0 Å². The predicted octanol–water partition coefficient (Wildman–Crippen LogP) is 3.73. The molecule has 0 saturated heterocycles. The summed E-state index contributed by atoms with van der Waals surface area (Å²) in [5.41, 5.74) is 2.47. The fraction of sp³-hybridized carbons (Fsp3) is 0.500. The first kappa shape index (κ1) is 13.0. The fourth-order valence-corrected chi connectivity index (χ4v) is 2.44. The summed E-state index contributed by atoms with van der Waals surface area (Å²) in [6.45, 7) is 6.72. The molecule has 1 atom stereocenters. The lowest BCUT2D eigenvalue weighted by molar-refractivity contribution is 0.620. The quantitative estimate of drug-likeness (QED) is 0.897. The van der Waals surface area contributed by atoms with Crippen LogP contribution in [0.1, 0.15) is 28.5 Å². The molecule has 0 radical (unpaired) electrons. The van der Waals surface area contributed by atoms with Crippen molar-refractivity contribution in [3.05, 3.63) is 26.1 Å². The van der Waals surface area contributed by atoms with Gasteiger partial charge in [0.2, 0.25) is 0 Å². The number of hydrogen-bond donors (Lipinski definition) is 1. The summed E-state index contributed by atoms with van der Waals surface area (Å²) in [4.78, 5) is 5.64. The van der Waals surface area contributed by atoms with Crippen LogP contribution in [0.2, 0.25) is 0 Å². The number of halogens is 2. The molecule has 0 amide bonds. The molecule has 0 fully saturated rings. The minimum atomic E-state index is 0.251. The first-order valence-electron chi connectivity index (χ1n) is 4.66. The van der Waals surface area contributed by atoms with E-state index in [-0.39, 0.29) is 6.04 Å². The molecule has 5 heteroatoms. The molecule has 1 aromatic rings. The second-order valence-electron chi connectivity index (χ2n) is 3.34. The van der Waals surface area contributed by atoms with Crippen molar-refractivity contribution in [2.75, 3.05) is 6.54 Å². The Morgan fingerprint density at radius 3 is 2.73 bits per heavy atom. The molecule has 0 aromatic carbocycles. The molecule has 1 heterocycles. The van der Waals surface area contributed by atoms with E-state index in [1.807, 2.05) is 13.8 Å². The van der Waals surface area contributed by atoms with Crippen LogP contribution >= 0.6 is 34.5 Å². The van der Waals surface area contributed by atoms with Gasteiger partial charge < -0.3 is 5.32 Å². The zero-order chi connectivity index (χ0) is 11.4. The van der Waals surface area contributed by atoms with Crippen molar-refractivity contribution >= 4 is 34.5 Å². The molecule has 1 N–H and O–H groups in total. The Kier molecular flexibility index (Phi) is 5.06. The number of aryl methyl sites for hydroxylation is 2. The largest absolute Gasteiger partial charge is 0.304 e. The molecular weight excluding hydrogens is 251 g/mol.